The predicted molar refractivity (Wildman–Crippen MR) is 68.3 cm³/mol. The van der Waals surface area contributed by atoms with Crippen LogP contribution in [-0.2, 0) is 11.3 Å². The lowest BCUT2D eigenvalue weighted by atomic mass is 9.92. The number of amides is 1. The third-order valence-corrected chi connectivity index (χ3v) is 3.41. The van der Waals surface area contributed by atoms with Crippen molar-refractivity contribution < 1.29 is 19.0 Å². The Labute approximate surface area is 111 Å². The van der Waals surface area contributed by atoms with Crippen molar-refractivity contribution in [3.05, 3.63) is 35.9 Å². The number of rotatable bonds is 2. The van der Waals surface area contributed by atoms with Crippen molar-refractivity contribution >= 4 is 6.09 Å². The van der Waals surface area contributed by atoms with Crippen LogP contribution in [0.1, 0.15) is 18.9 Å². The number of carbonyl (C=O) groups is 1. The summed E-state index contributed by atoms with van der Waals surface area (Å²) < 4.78 is 18.8. The predicted octanol–water partition coefficient (Wildman–Crippen LogP) is 2.12. The van der Waals surface area contributed by atoms with E-state index in [-0.39, 0.29) is 19.6 Å². The first-order chi connectivity index (χ1) is 8.99. The fourth-order valence-electron chi connectivity index (χ4n) is 1.98. The number of aliphatic hydroxyl groups is 1. The number of nitrogens with zero attached hydrogens (tertiary/aromatic N) is 1. The molecule has 0 radical (unpaired) electrons. The second-order valence-corrected chi connectivity index (χ2v) is 5.06. The molecule has 0 unspecified atom stereocenters. The molecule has 0 saturated carbocycles. The zero-order valence-corrected chi connectivity index (χ0v) is 10.9. The summed E-state index contributed by atoms with van der Waals surface area (Å²) >= 11 is 0. The summed E-state index contributed by atoms with van der Waals surface area (Å²) in [6.07, 6.45) is -1.76. The van der Waals surface area contributed by atoms with Crippen LogP contribution in [0.15, 0.2) is 30.3 Å². The number of ether oxygens (including phenoxy) is 1. The highest BCUT2D eigenvalue weighted by Gasteiger charge is 2.39. The van der Waals surface area contributed by atoms with Crippen LogP contribution in [0.5, 0.6) is 0 Å². The Morgan fingerprint density at radius 2 is 2.21 bits per heavy atom. The summed E-state index contributed by atoms with van der Waals surface area (Å²) in [6.45, 7) is 1.80. The second kappa shape index (κ2) is 5.57. The minimum absolute atomic E-state index is 0.124. The standard InChI is InChI=1S/C14H18FNO3/c1-14(18)7-8-16(9-12(14)15)13(17)19-10-11-5-3-2-4-6-11/h2-6,12,18H,7-10H2,1H3/t12-,14-/m0/s1. The highest BCUT2D eigenvalue weighted by Crippen LogP contribution is 2.25. The molecule has 1 N–H and O–H groups in total. The molecule has 1 heterocycles. The number of hydrogen-bond acceptors (Lipinski definition) is 3. The van der Waals surface area contributed by atoms with Crippen molar-refractivity contribution in [1.82, 2.24) is 4.90 Å². The van der Waals surface area contributed by atoms with E-state index in [1.165, 1.54) is 11.8 Å². The summed E-state index contributed by atoms with van der Waals surface area (Å²) in [6, 6.07) is 9.31. The molecule has 0 bridgehead atoms. The summed E-state index contributed by atoms with van der Waals surface area (Å²) in [5, 5.41) is 9.70. The lowest BCUT2D eigenvalue weighted by Gasteiger charge is -2.37. The van der Waals surface area contributed by atoms with E-state index < -0.39 is 17.9 Å². The number of halogens is 1. The molecular weight excluding hydrogens is 249 g/mol. The molecule has 1 amide bonds. The average molecular weight is 267 g/mol. The van der Waals surface area contributed by atoms with Crippen LogP contribution in [0.4, 0.5) is 9.18 Å². The second-order valence-electron chi connectivity index (χ2n) is 5.06. The maximum Gasteiger partial charge on any atom is 0.410 e. The molecule has 1 saturated heterocycles. The Balaban J connectivity index is 1.84. The summed E-state index contributed by atoms with van der Waals surface area (Å²) in [5.74, 6) is 0. The Bertz CT molecular complexity index is 436. The number of carbonyl (C=O) groups excluding carboxylic acids is 1. The van der Waals surface area contributed by atoms with Crippen LogP contribution >= 0.6 is 0 Å². The molecule has 104 valence electrons. The first-order valence-electron chi connectivity index (χ1n) is 6.31. The molecule has 1 aliphatic heterocycles. The maximum absolute atomic E-state index is 13.6. The van der Waals surface area contributed by atoms with E-state index in [1.54, 1.807) is 0 Å². The first kappa shape index (κ1) is 13.8. The van der Waals surface area contributed by atoms with E-state index in [0.717, 1.165) is 5.56 Å². The molecule has 1 aliphatic rings. The third kappa shape index (κ3) is 3.44. The fraction of sp³-hybridized carbons (Fsp3) is 0.500. The molecule has 0 aliphatic carbocycles. The van der Waals surface area contributed by atoms with Crippen LogP contribution in [0.2, 0.25) is 0 Å². The molecular formula is C14H18FNO3. The van der Waals surface area contributed by atoms with Gasteiger partial charge in [0, 0.05) is 6.54 Å². The number of alkyl halides is 1. The van der Waals surface area contributed by atoms with Crippen molar-refractivity contribution in [2.75, 3.05) is 13.1 Å². The first-order valence-corrected chi connectivity index (χ1v) is 6.31. The molecule has 2 rings (SSSR count). The normalized spacial score (nSPS) is 27.1. The van der Waals surface area contributed by atoms with Gasteiger partial charge in [-0.15, -0.1) is 0 Å². The zero-order chi connectivity index (χ0) is 13.9. The van der Waals surface area contributed by atoms with E-state index in [4.69, 9.17) is 4.74 Å². The fourth-order valence-corrected chi connectivity index (χ4v) is 1.98. The highest BCUT2D eigenvalue weighted by atomic mass is 19.1. The molecule has 1 aromatic carbocycles. The van der Waals surface area contributed by atoms with E-state index in [9.17, 15) is 14.3 Å². The number of likely N-dealkylation sites (tertiary alicyclic amines) is 1. The van der Waals surface area contributed by atoms with Crippen LogP contribution in [0.3, 0.4) is 0 Å². The lowest BCUT2D eigenvalue weighted by Crippen LogP contribution is -2.53. The summed E-state index contributed by atoms with van der Waals surface area (Å²) in [5.41, 5.74) is -0.465. The van der Waals surface area contributed by atoms with Gasteiger partial charge < -0.3 is 14.7 Å². The minimum Gasteiger partial charge on any atom is -0.445 e. The van der Waals surface area contributed by atoms with Crippen LogP contribution in [-0.4, -0.2) is 41.0 Å². The van der Waals surface area contributed by atoms with Crippen molar-refractivity contribution in [1.29, 1.82) is 0 Å². The third-order valence-electron chi connectivity index (χ3n) is 3.41. The van der Waals surface area contributed by atoms with Crippen LogP contribution < -0.4 is 0 Å². The zero-order valence-electron chi connectivity index (χ0n) is 10.9. The van der Waals surface area contributed by atoms with Crippen molar-refractivity contribution in [3.8, 4) is 0 Å². The van der Waals surface area contributed by atoms with Gasteiger partial charge in [0.25, 0.3) is 0 Å². The Kier molecular flexibility index (Phi) is 4.04. The smallest absolute Gasteiger partial charge is 0.410 e. The molecule has 19 heavy (non-hydrogen) atoms. The molecule has 1 fully saturated rings. The average Bonchev–Trinajstić information content (AvgIpc) is 2.40. The quantitative estimate of drug-likeness (QED) is 0.893. The Morgan fingerprint density at radius 1 is 1.53 bits per heavy atom. The van der Waals surface area contributed by atoms with E-state index >= 15 is 0 Å². The van der Waals surface area contributed by atoms with Gasteiger partial charge >= 0.3 is 6.09 Å². The number of benzene rings is 1. The SMILES string of the molecule is C[C@]1(O)CCN(C(=O)OCc2ccccc2)C[C@@H]1F. The number of piperidine rings is 1. The van der Waals surface area contributed by atoms with Gasteiger partial charge in [-0.3, -0.25) is 0 Å². The van der Waals surface area contributed by atoms with Crippen LogP contribution in [0, 0.1) is 0 Å². The Morgan fingerprint density at radius 3 is 2.84 bits per heavy atom. The van der Waals surface area contributed by atoms with E-state index in [2.05, 4.69) is 0 Å². The van der Waals surface area contributed by atoms with Crippen molar-refractivity contribution in [2.24, 2.45) is 0 Å². The minimum atomic E-state index is -1.44. The van der Waals surface area contributed by atoms with Crippen LogP contribution in [0.25, 0.3) is 0 Å². The van der Waals surface area contributed by atoms with Gasteiger partial charge in [0.05, 0.1) is 12.1 Å². The number of hydrogen-bond donors (Lipinski definition) is 1. The van der Waals surface area contributed by atoms with Crippen molar-refractivity contribution in [3.63, 3.8) is 0 Å². The van der Waals surface area contributed by atoms with E-state index in [1.807, 2.05) is 30.3 Å². The lowest BCUT2D eigenvalue weighted by molar-refractivity contribution is -0.0682. The topological polar surface area (TPSA) is 49.8 Å². The van der Waals surface area contributed by atoms with Gasteiger partial charge in [-0.1, -0.05) is 30.3 Å². The van der Waals surface area contributed by atoms with Crippen molar-refractivity contribution in [2.45, 2.75) is 31.7 Å². The monoisotopic (exact) mass is 267 g/mol. The molecule has 4 nitrogen and oxygen atoms in total. The molecule has 2 atom stereocenters. The van der Waals surface area contributed by atoms with Gasteiger partial charge in [-0.2, -0.15) is 0 Å². The molecule has 5 heteroatoms. The van der Waals surface area contributed by atoms with Gasteiger partial charge in [0.2, 0.25) is 0 Å². The molecule has 0 aromatic heterocycles. The molecule has 0 spiro atoms. The maximum atomic E-state index is 13.6. The summed E-state index contributed by atoms with van der Waals surface area (Å²) in [4.78, 5) is 13.1. The largest absolute Gasteiger partial charge is 0.445 e. The van der Waals surface area contributed by atoms with Gasteiger partial charge in [-0.05, 0) is 18.9 Å². The van der Waals surface area contributed by atoms with Gasteiger partial charge in [-0.25, -0.2) is 9.18 Å². The Hall–Kier alpha value is -1.62. The summed E-state index contributed by atoms with van der Waals surface area (Å²) in [7, 11) is 0. The molecule has 1 aromatic rings. The van der Waals surface area contributed by atoms with Gasteiger partial charge in [0.1, 0.15) is 12.8 Å². The van der Waals surface area contributed by atoms with E-state index in [0.29, 0.717) is 6.54 Å². The highest BCUT2D eigenvalue weighted by molar-refractivity contribution is 5.67. The van der Waals surface area contributed by atoms with Gasteiger partial charge in [0.15, 0.2) is 0 Å².